The second-order valence-corrected chi connectivity index (χ2v) is 6.47. The normalized spacial score (nSPS) is 15.4. The van der Waals surface area contributed by atoms with Gasteiger partial charge in [-0.05, 0) is 30.9 Å². The summed E-state index contributed by atoms with van der Waals surface area (Å²) in [6.45, 7) is 0. The number of anilines is 1. The Labute approximate surface area is 110 Å². The molecule has 1 aliphatic carbocycles. The minimum Gasteiger partial charge on any atom is -0.478 e. The van der Waals surface area contributed by atoms with Gasteiger partial charge in [0.25, 0.3) is 0 Å². The number of aromatic carboxylic acids is 1. The lowest BCUT2D eigenvalue weighted by molar-refractivity contribution is 0.0698. The molecule has 0 bridgehead atoms. The summed E-state index contributed by atoms with van der Waals surface area (Å²) >= 11 is 5.84. The fourth-order valence-electron chi connectivity index (χ4n) is 1.60. The van der Waals surface area contributed by atoms with Crippen molar-refractivity contribution in [2.75, 3.05) is 10.5 Å². The summed E-state index contributed by atoms with van der Waals surface area (Å²) in [6.07, 6.45) is 1.80. The number of sulfonamides is 1. The molecule has 0 saturated heterocycles. The van der Waals surface area contributed by atoms with E-state index < -0.39 is 16.0 Å². The van der Waals surface area contributed by atoms with E-state index in [0.29, 0.717) is 0 Å². The summed E-state index contributed by atoms with van der Waals surface area (Å²) in [7, 11) is -3.55. The number of benzene rings is 1. The van der Waals surface area contributed by atoms with E-state index in [1.54, 1.807) is 0 Å². The smallest absolute Gasteiger partial charge is 0.337 e. The zero-order valence-electron chi connectivity index (χ0n) is 9.39. The average molecular weight is 290 g/mol. The maximum absolute atomic E-state index is 11.8. The number of carboxylic acid groups (broad SMARTS) is 1. The predicted molar refractivity (Wildman–Crippen MR) is 68.5 cm³/mol. The fraction of sp³-hybridized carbons (Fsp3) is 0.364. The molecule has 0 spiro atoms. The van der Waals surface area contributed by atoms with E-state index in [-0.39, 0.29) is 27.9 Å². The van der Waals surface area contributed by atoms with Gasteiger partial charge in [-0.25, -0.2) is 13.2 Å². The summed E-state index contributed by atoms with van der Waals surface area (Å²) in [5, 5.41) is 9.07. The number of hydrogen-bond donors (Lipinski definition) is 2. The lowest BCUT2D eigenvalue weighted by Gasteiger charge is -2.11. The Morgan fingerprint density at radius 3 is 2.67 bits per heavy atom. The lowest BCUT2D eigenvalue weighted by atomic mass is 10.2. The van der Waals surface area contributed by atoms with Crippen molar-refractivity contribution in [3.63, 3.8) is 0 Å². The molecule has 1 aromatic carbocycles. The molecule has 5 nitrogen and oxygen atoms in total. The first-order chi connectivity index (χ1) is 8.39. The van der Waals surface area contributed by atoms with Crippen molar-refractivity contribution in [3.05, 3.63) is 28.8 Å². The van der Waals surface area contributed by atoms with E-state index in [1.807, 2.05) is 0 Å². The molecular formula is C11H12ClNO4S. The summed E-state index contributed by atoms with van der Waals surface area (Å²) in [5.41, 5.74) is -0.214. The van der Waals surface area contributed by atoms with Crippen LogP contribution in [0.15, 0.2) is 18.2 Å². The van der Waals surface area contributed by atoms with Crippen LogP contribution in [0.5, 0.6) is 0 Å². The van der Waals surface area contributed by atoms with Crippen molar-refractivity contribution in [2.45, 2.75) is 12.8 Å². The van der Waals surface area contributed by atoms with Crippen LogP contribution in [-0.4, -0.2) is 25.2 Å². The van der Waals surface area contributed by atoms with Gasteiger partial charge in [0.15, 0.2) is 0 Å². The summed E-state index contributed by atoms with van der Waals surface area (Å²) < 4.78 is 25.9. The van der Waals surface area contributed by atoms with Crippen LogP contribution < -0.4 is 4.72 Å². The zero-order valence-corrected chi connectivity index (χ0v) is 11.0. The van der Waals surface area contributed by atoms with Crippen LogP contribution >= 0.6 is 11.6 Å². The summed E-state index contributed by atoms with van der Waals surface area (Å²) in [4.78, 5) is 11.0. The maximum atomic E-state index is 11.8. The third kappa shape index (κ3) is 3.14. The zero-order chi connectivity index (χ0) is 13.3. The van der Waals surface area contributed by atoms with E-state index in [2.05, 4.69) is 4.72 Å². The van der Waals surface area contributed by atoms with Crippen molar-refractivity contribution in [2.24, 2.45) is 5.92 Å². The Morgan fingerprint density at radius 2 is 2.11 bits per heavy atom. The highest BCUT2D eigenvalue weighted by atomic mass is 35.5. The highest BCUT2D eigenvalue weighted by Gasteiger charge is 2.29. The van der Waals surface area contributed by atoms with E-state index in [0.717, 1.165) is 12.8 Å². The summed E-state index contributed by atoms with van der Waals surface area (Å²) in [6, 6.07) is 4.22. The Balaban J connectivity index is 2.29. The van der Waals surface area contributed by atoms with Crippen molar-refractivity contribution >= 4 is 33.3 Å². The number of carboxylic acids is 1. The molecule has 18 heavy (non-hydrogen) atoms. The van der Waals surface area contributed by atoms with Crippen LogP contribution in [-0.2, 0) is 10.0 Å². The lowest BCUT2D eigenvalue weighted by Crippen LogP contribution is -2.19. The molecule has 0 heterocycles. The maximum Gasteiger partial charge on any atom is 0.337 e. The first-order valence-electron chi connectivity index (χ1n) is 5.41. The van der Waals surface area contributed by atoms with Gasteiger partial charge in [0, 0.05) is 0 Å². The van der Waals surface area contributed by atoms with Gasteiger partial charge in [0.05, 0.1) is 22.0 Å². The van der Waals surface area contributed by atoms with Gasteiger partial charge in [-0.15, -0.1) is 0 Å². The van der Waals surface area contributed by atoms with Crippen molar-refractivity contribution in [1.82, 2.24) is 0 Å². The molecule has 0 unspecified atom stereocenters. The number of hydrogen-bond acceptors (Lipinski definition) is 3. The number of halogens is 1. The Hall–Kier alpha value is -1.27. The largest absolute Gasteiger partial charge is 0.478 e. The van der Waals surface area contributed by atoms with Gasteiger partial charge in [-0.2, -0.15) is 0 Å². The van der Waals surface area contributed by atoms with Gasteiger partial charge in [-0.1, -0.05) is 17.7 Å². The summed E-state index contributed by atoms with van der Waals surface area (Å²) in [5.74, 6) is -1.03. The van der Waals surface area contributed by atoms with Crippen LogP contribution in [0.25, 0.3) is 0 Å². The van der Waals surface area contributed by atoms with E-state index in [4.69, 9.17) is 16.7 Å². The van der Waals surface area contributed by atoms with Crippen LogP contribution in [0.1, 0.15) is 23.2 Å². The molecule has 1 aliphatic rings. The number of rotatable bonds is 5. The van der Waals surface area contributed by atoms with Gasteiger partial charge in [-0.3, -0.25) is 4.72 Å². The Morgan fingerprint density at radius 1 is 1.44 bits per heavy atom. The highest BCUT2D eigenvalue weighted by molar-refractivity contribution is 7.92. The molecule has 1 fully saturated rings. The Bertz CT molecular complexity index is 581. The molecule has 1 aromatic rings. The quantitative estimate of drug-likeness (QED) is 0.870. The molecule has 0 radical (unpaired) electrons. The molecule has 0 atom stereocenters. The van der Waals surface area contributed by atoms with Gasteiger partial charge in [0.2, 0.25) is 10.0 Å². The van der Waals surface area contributed by atoms with E-state index >= 15 is 0 Å². The molecule has 0 aromatic heterocycles. The SMILES string of the molecule is O=C(O)c1cccc(Cl)c1NS(=O)(=O)CC1CC1. The monoisotopic (exact) mass is 289 g/mol. The molecule has 1 saturated carbocycles. The molecular weight excluding hydrogens is 278 g/mol. The fourth-order valence-corrected chi connectivity index (χ4v) is 3.44. The minimum absolute atomic E-state index is 0.0112. The average Bonchev–Trinajstić information content (AvgIpc) is 3.03. The molecule has 2 N–H and O–H groups in total. The van der Waals surface area contributed by atoms with E-state index in [9.17, 15) is 13.2 Å². The van der Waals surface area contributed by atoms with Crippen molar-refractivity contribution in [3.8, 4) is 0 Å². The Kier molecular flexibility index (Phi) is 3.49. The number of carbonyl (C=O) groups is 1. The van der Waals surface area contributed by atoms with Crippen LogP contribution in [0.4, 0.5) is 5.69 Å². The van der Waals surface area contributed by atoms with Crippen LogP contribution in [0.2, 0.25) is 5.02 Å². The van der Waals surface area contributed by atoms with Crippen LogP contribution in [0, 0.1) is 5.92 Å². The highest BCUT2D eigenvalue weighted by Crippen LogP contribution is 2.32. The van der Waals surface area contributed by atoms with Gasteiger partial charge < -0.3 is 5.11 Å². The number of nitrogens with one attached hydrogen (secondary N) is 1. The first-order valence-corrected chi connectivity index (χ1v) is 7.44. The molecule has 0 aliphatic heterocycles. The first kappa shape index (κ1) is 13.2. The van der Waals surface area contributed by atoms with Crippen molar-refractivity contribution in [1.29, 1.82) is 0 Å². The molecule has 7 heteroatoms. The molecule has 0 amide bonds. The third-order valence-corrected chi connectivity index (χ3v) is 4.39. The van der Waals surface area contributed by atoms with Gasteiger partial charge >= 0.3 is 5.97 Å². The van der Waals surface area contributed by atoms with Crippen molar-refractivity contribution < 1.29 is 18.3 Å². The topological polar surface area (TPSA) is 83.5 Å². The minimum atomic E-state index is -3.55. The van der Waals surface area contributed by atoms with Crippen LogP contribution in [0.3, 0.4) is 0 Å². The standard InChI is InChI=1S/C11H12ClNO4S/c12-9-3-1-2-8(11(14)15)10(9)13-18(16,17)6-7-4-5-7/h1-3,7,13H,4-6H2,(H,14,15). The predicted octanol–water partition coefficient (Wildman–Crippen LogP) is 2.19. The van der Waals surface area contributed by atoms with E-state index in [1.165, 1.54) is 18.2 Å². The second-order valence-electron chi connectivity index (χ2n) is 4.29. The molecule has 98 valence electrons. The number of para-hydroxylation sites is 1. The molecule has 2 rings (SSSR count). The third-order valence-electron chi connectivity index (χ3n) is 2.65. The van der Waals surface area contributed by atoms with Gasteiger partial charge in [0.1, 0.15) is 0 Å². The second kappa shape index (κ2) is 4.78.